The second-order valence-electron chi connectivity index (χ2n) is 6.65. The normalized spacial score (nSPS) is 10.9. The first-order valence-electron chi connectivity index (χ1n) is 9.43. The molecule has 30 heavy (non-hydrogen) atoms. The van der Waals surface area contributed by atoms with Crippen molar-refractivity contribution in [3.05, 3.63) is 70.8 Å². The van der Waals surface area contributed by atoms with E-state index in [-0.39, 0.29) is 18.0 Å². The molecule has 0 unspecified atom stereocenters. The van der Waals surface area contributed by atoms with E-state index in [1.54, 1.807) is 31.4 Å². The summed E-state index contributed by atoms with van der Waals surface area (Å²) < 4.78 is 7.83. The van der Waals surface area contributed by atoms with Gasteiger partial charge in [-0.1, -0.05) is 24.3 Å². The summed E-state index contributed by atoms with van der Waals surface area (Å²) in [6, 6.07) is 14.7. The molecule has 0 aliphatic rings. The summed E-state index contributed by atoms with van der Waals surface area (Å²) in [6.07, 6.45) is 2.25. The number of rotatable bonds is 6. The van der Waals surface area contributed by atoms with Crippen LogP contribution in [0.4, 0.5) is 5.69 Å². The second-order valence-corrected chi connectivity index (χ2v) is 6.65. The van der Waals surface area contributed by atoms with E-state index in [0.717, 1.165) is 6.42 Å². The maximum absolute atomic E-state index is 12.8. The number of fused-ring (bicyclic) bond motifs is 1. The molecule has 4 rings (SSSR count). The molecular weight excluding hydrogens is 384 g/mol. The topological polar surface area (TPSA) is 104 Å². The van der Waals surface area contributed by atoms with Crippen molar-refractivity contribution < 1.29 is 9.53 Å². The zero-order chi connectivity index (χ0) is 21.1. The Labute approximate surface area is 171 Å². The molecular formula is C21H20N6O3. The molecule has 0 saturated carbocycles. The maximum atomic E-state index is 12.8. The number of hydrogen-bond donors (Lipinski definition) is 1. The van der Waals surface area contributed by atoms with Crippen molar-refractivity contribution in [3.8, 4) is 11.4 Å². The minimum absolute atomic E-state index is 0.0911. The number of anilines is 1. The van der Waals surface area contributed by atoms with Gasteiger partial charge in [-0.05, 0) is 48.4 Å². The van der Waals surface area contributed by atoms with Gasteiger partial charge in [0, 0.05) is 5.69 Å². The number of aryl methyl sites for hydroxylation is 1. The van der Waals surface area contributed by atoms with Crippen LogP contribution in [0.1, 0.15) is 12.5 Å². The Bertz CT molecular complexity index is 1240. The van der Waals surface area contributed by atoms with Gasteiger partial charge in [0.05, 0.1) is 12.8 Å². The number of aromatic nitrogens is 5. The molecule has 0 fully saturated rings. The fourth-order valence-corrected chi connectivity index (χ4v) is 3.03. The van der Waals surface area contributed by atoms with Gasteiger partial charge in [-0.25, -0.2) is 4.98 Å². The van der Waals surface area contributed by atoms with Crippen LogP contribution in [0.3, 0.4) is 0 Å². The van der Waals surface area contributed by atoms with Gasteiger partial charge < -0.3 is 10.1 Å². The summed E-state index contributed by atoms with van der Waals surface area (Å²) in [4.78, 5) is 29.4. The summed E-state index contributed by atoms with van der Waals surface area (Å²) in [5, 5.41) is 10.8. The lowest BCUT2D eigenvalue weighted by atomic mass is 10.1. The third-order valence-electron chi connectivity index (χ3n) is 4.71. The molecule has 1 amide bonds. The van der Waals surface area contributed by atoms with Crippen LogP contribution in [0, 0.1) is 0 Å². The average Bonchev–Trinajstić information content (AvgIpc) is 3.21. The number of methoxy groups -OCH3 is 1. The Kier molecular flexibility index (Phi) is 5.25. The molecule has 0 atom stereocenters. The molecule has 2 aromatic heterocycles. The fourth-order valence-electron chi connectivity index (χ4n) is 3.03. The van der Waals surface area contributed by atoms with Crippen LogP contribution in [-0.2, 0) is 17.8 Å². The molecule has 0 saturated heterocycles. The first-order chi connectivity index (χ1) is 14.6. The van der Waals surface area contributed by atoms with E-state index in [1.807, 2.05) is 24.3 Å². The summed E-state index contributed by atoms with van der Waals surface area (Å²) in [6.45, 7) is 1.89. The molecule has 4 aromatic rings. The lowest BCUT2D eigenvalue weighted by molar-refractivity contribution is -0.116. The van der Waals surface area contributed by atoms with Crippen LogP contribution in [0.2, 0.25) is 0 Å². The van der Waals surface area contributed by atoms with Crippen LogP contribution in [-0.4, -0.2) is 37.6 Å². The van der Waals surface area contributed by atoms with Gasteiger partial charge in [-0.3, -0.25) is 14.2 Å². The van der Waals surface area contributed by atoms with Crippen molar-refractivity contribution in [1.29, 1.82) is 0 Å². The molecule has 1 N–H and O–H groups in total. The number of amides is 1. The van der Waals surface area contributed by atoms with Gasteiger partial charge in [0.15, 0.2) is 11.2 Å². The van der Waals surface area contributed by atoms with Crippen LogP contribution in [0.5, 0.6) is 5.75 Å². The standard InChI is InChI=1S/C21H20N6O3/c1-3-14-4-6-15(7-5-14)23-18(28)12-26-13-22-20-19(21(26)29)24-25-27(20)16-8-10-17(30-2)11-9-16/h4-11,13H,3,12H2,1-2H3,(H,23,28). The zero-order valence-corrected chi connectivity index (χ0v) is 16.6. The molecule has 2 aromatic carbocycles. The Morgan fingerprint density at radius 2 is 1.83 bits per heavy atom. The largest absolute Gasteiger partial charge is 0.497 e. The number of hydrogen-bond acceptors (Lipinski definition) is 6. The Balaban J connectivity index is 1.56. The van der Waals surface area contributed by atoms with E-state index in [4.69, 9.17) is 4.74 Å². The molecule has 0 aliphatic carbocycles. The highest BCUT2D eigenvalue weighted by atomic mass is 16.5. The lowest BCUT2D eigenvalue weighted by Crippen LogP contribution is -2.28. The van der Waals surface area contributed by atoms with Crippen LogP contribution in [0.15, 0.2) is 59.7 Å². The summed E-state index contributed by atoms with van der Waals surface area (Å²) in [5.74, 6) is 0.374. The van der Waals surface area contributed by atoms with Crippen molar-refractivity contribution in [2.75, 3.05) is 12.4 Å². The quantitative estimate of drug-likeness (QED) is 0.528. The molecule has 0 spiro atoms. The van der Waals surface area contributed by atoms with Crippen LogP contribution in [0.25, 0.3) is 16.9 Å². The number of benzene rings is 2. The highest BCUT2D eigenvalue weighted by molar-refractivity contribution is 5.90. The second kappa shape index (κ2) is 8.16. The Morgan fingerprint density at radius 1 is 1.10 bits per heavy atom. The number of ether oxygens (including phenoxy) is 1. The molecule has 2 heterocycles. The van der Waals surface area contributed by atoms with Crippen LogP contribution >= 0.6 is 0 Å². The van der Waals surface area contributed by atoms with E-state index in [1.165, 1.54) is 21.1 Å². The average molecular weight is 404 g/mol. The summed E-state index contributed by atoms with van der Waals surface area (Å²) in [5.41, 5.74) is 2.52. The highest BCUT2D eigenvalue weighted by Gasteiger charge is 2.15. The molecule has 0 aliphatic heterocycles. The number of nitrogens with zero attached hydrogens (tertiary/aromatic N) is 5. The van der Waals surface area contributed by atoms with Crippen molar-refractivity contribution >= 4 is 22.8 Å². The Morgan fingerprint density at radius 3 is 2.50 bits per heavy atom. The molecule has 9 nitrogen and oxygen atoms in total. The number of carbonyl (C=O) groups excluding carboxylic acids is 1. The third kappa shape index (κ3) is 3.77. The highest BCUT2D eigenvalue weighted by Crippen LogP contribution is 2.16. The first-order valence-corrected chi connectivity index (χ1v) is 9.43. The first kappa shape index (κ1) is 19.3. The minimum atomic E-state index is -0.434. The lowest BCUT2D eigenvalue weighted by Gasteiger charge is -2.08. The van der Waals surface area contributed by atoms with E-state index < -0.39 is 5.56 Å². The smallest absolute Gasteiger partial charge is 0.284 e. The SMILES string of the molecule is CCc1ccc(NC(=O)Cn2cnc3c(nnn3-c3ccc(OC)cc3)c2=O)cc1. The van der Waals surface area contributed by atoms with E-state index in [2.05, 4.69) is 27.5 Å². The molecule has 0 radical (unpaired) electrons. The van der Waals surface area contributed by atoms with E-state index in [9.17, 15) is 9.59 Å². The van der Waals surface area contributed by atoms with Gasteiger partial charge in [-0.15, -0.1) is 5.10 Å². The monoisotopic (exact) mass is 404 g/mol. The van der Waals surface area contributed by atoms with Gasteiger partial charge >= 0.3 is 0 Å². The minimum Gasteiger partial charge on any atom is -0.497 e. The number of nitrogens with one attached hydrogen (secondary N) is 1. The predicted octanol–water partition coefficient (Wildman–Crippen LogP) is 2.19. The van der Waals surface area contributed by atoms with Gasteiger partial charge in [0.2, 0.25) is 5.91 Å². The zero-order valence-electron chi connectivity index (χ0n) is 16.6. The van der Waals surface area contributed by atoms with Gasteiger partial charge in [0.25, 0.3) is 5.56 Å². The molecule has 152 valence electrons. The van der Waals surface area contributed by atoms with Crippen molar-refractivity contribution in [2.45, 2.75) is 19.9 Å². The third-order valence-corrected chi connectivity index (χ3v) is 4.71. The molecule has 9 heteroatoms. The van der Waals surface area contributed by atoms with Gasteiger partial charge in [0.1, 0.15) is 18.6 Å². The summed E-state index contributed by atoms with van der Waals surface area (Å²) >= 11 is 0. The van der Waals surface area contributed by atoms with Crippen molar-refractivity contribution in [1.82, 2.24) is 24.5 Å². The maximum Gasteiger partial charge on any atom is 0.284 e. The summed E-state index contributed by atoms with van der Waals surface area (Å²) in [7, 11) is 1.58. The fraction of sp³-hybridized carbons (Fsp3) is 0.190. The van der Waals surface area contributed by atoms with Crippen LogP contribution < -0.4 is 15.6 Å². The van der Waals surface area contributed by atoms with Crippen molar-refractivity contribution in [3.63, 3.8) is 0 Å². The van der Waals surface area contributed by atoms with E-state index >= 15 is 0 Å². The predicted molar refractivity (Wildman–Crippen MR) is 112 cm³/mol. The Hall–Kier alpha value is -4.01. The number of carbonyl (C=O) groups is 1. The van der Waals surface area contributed by atoms with Gasteiger partial charge in [-0.2, -0.15) is 4.68 Å². The van der Waals surface area contributed by atoms with E-state index in [0.29, 0.717) is 22.8 Å². The van der Waals surface area contributed by atoms with Crippen molar-refractivity contribution in [2.24, 2.45) is 0 Å². The molecule has 0 bridgehead atoms.